The van der Waals surface area contributed by atoms with Crippen LogP contribution in [0.5, 0.6) is 0 Å². The summed E-state index contributed by atoms with van der Waals surface area (Å²) in [5, 5.41) is 7.50. The molecule has 19 heavy (non-hydrogen) atoms. The summed E-state index contributed by atoms with van der Waals surface area (Å²) in [7, 11) is -3.75. The first kappa shape index (κ1) is 11.9. The number of nitrogen functional groups attached to an aromatic ring is 1. The van der Waals surface area contributed by atoms with E-state index in [9.17, 15) is 8.42 Å². The monoisotopic (exact) mass is 296 g/mol. The summed E-state index contributed by atoms with van der Waals surface area (Å²) in [6.07, 6.45) is 1.40. The van der Waals surface area contributed by atoms with E-state index in [0.29, 0.717) is 16.6 Å². The second-order valence-electron chi connectivity index (χ2n) is 3.73. The fourth-order valence-electron chi connectivity index (χ4n) is 1.68. The molecular weight excluding hydrogens is 288 g/mol. The Morgan fingerprint density at radius 1 is 1.37 bits per heavy atom. The van der Waals surface area contributed by atoms with Crippen molar-refractivity contribution >= 4 is 43.3 Å². The van der Waals surface area contributed by atoms with Gasteiger partial charge in [0.1, 0.15) is 4.90 Å². The molecule has 98 valence electrons. The van der Waals surface area contributed by atoms with Gasteiger partial charge in [0.2, 0.25) is 5.13 Å². The highest BCUT2D eigenvalue weighted by Gasteiger charge is 2.20. The predicted molar refractivity (Wildman–Crippen MR) is 71.2 cm³/mol. The Bertz CT molecular complexity index is 824. The molecule has 0 saturated heterocycles. The van der Waals surface area contributed by atoms with Crippen molar-refractivity contribution in [1.29, 1.82) is 0 Å². The lowest BCUT2D eigenvalue weighted by molar-refractivity contribution is 0.602. The van der Waals surface area contributed by atoms with Crippen LogP contribution in [-0.4, -0.2) is 28.2 Å². The lowest BCUT2D eigenvalue weighted by Gasteiger charge is -2.02. The normalized spacial score (nSPS) is 11.8. The number of benzene rings is 1. The molecule has 0 bridgehead atoms. The van der Waals surface area contributed by atoms with Crippen LogP contribution in [0.15, 0.2) is 29.3 Å². The minimum absolute atomic E-state index is 0.102. The number of hydrogen-bond acceptors (Lipinski definition) is 7. The van der Waals surface area contributed by atoms with Crippen LogP contribution in [0.2, 0.25) is 0 Å². The number of H-pyrrole nitrogens is 1. The number of rotatable bonds is 3. The number of aromatic nitrogens is 4. The Hall–Kier alpha value is -2.20. The lowest BCUT2D eigenvalue weighted by Crippen LogP contribution is -2.12. The number of fused-ring (bicyclic) bond motifs is 1. The molecule has 0 spiro atoms. The molecule has 0 aliphatic heterocycles. The van der Waals surface area contributed by atoms with Gasteiger partial charge in [-0.1, -0.05) is 9.59 Å². The van der Waals surface area contributed by atoms with E-state index in [1.54, 1.807) is 18.2 Å². The molecule has 0 amide bonds. The third-order valence-electron chi connectivity index (χ3n) is 2.48. The molecule has 0 fully saturated rings. The van der Waals surface area contributed by atoms with Crippen molar-refractivity contribution in [2.24, 2.45) is 0 Å². The highest BCUT2D eigenvalue weighted by molar-refractivity contribution is 7.93. The fourth-order valence-corrected chi connectivity index (χ4v) is 3.43. The molecule has 3 aromatic rings. The maximum atomic E-state index is 12.2. The van der Waals surface area contributed by atoms with Crippen LogP contribution in [0.25, 0.3) is 10.9 Å². The average molecular weight is 296 g/mol. The van der Waals surface area contributed by atoms with E-state index >= 15 is 0 Å². The van der Waals surface area contributed by atoms with E-state index in [4.69, 9.17) is 5.73 Å². The third kappa shape index (κ3) is 2.11. The third-order valence-corrected chi connectivity index (χ3v) is 4.50. The van der Waals surface area contributed by atoms with Crippen molar-refractivity contribution in [2.75, 3.05) is 10.5 Å². The molecule has 3 rings (SSSR count). The first-order chi connectivity index (χ1) is 9.06. The zero-order chi connectivity index (χ0) is 13.5. The molecule has 0 atom stereocenters. The first-order valence-electron chi connectivity index (χ1n) is 5.11. The highest BCUT2D eigenvalue weighted by Crippen LogP contribution is 2.26. The van der Waals surface area contributed by atoms with Gasteiger partial charge in [0.05, 0.1) is 0 Å². The van der Waals surface area contributed by atoms with Crippen LogP contribution >= 0.6 is 11.5 Å². The van der Waals surface area contributed by atoms with E-state index in [1.807, 2.05) is 0 Å². The smallest absolute Gasteiger partial charge is 0.265 e. The topological polar surface area (TPSA) is 127 Å². The molecular formula is C9H8N6O2S2. The molecule has 2 aromatic heterocycles. The van der Waals surface area contributed by atoms with Gasteiger partial charge in [-0.25, -0.2) is 8.42 Å². The number of hydrogen-bond donors (Lipinski definition) is 3. The standard InChI is InChI=1S/C9H8N6O2S2/c10-5-1-2-7-6(3-5)8(4-11-7)19(16,17)13-9-12-14-15-18-9/h1-4,11H,10H2,(H,12,13,15). The molecule has 10 heteroatoms. The van der Waals surface area contributed by atoms with Gasteiger partial charge in [0, 0.05) is 34.3 Å². The zero-order valence-electron chi connectivity index (χ0n) is 9.36. The fraction of sp³-hybridized carbons (Fsp3) is 0. The minimum atomic E-state index is -3.75. The highest BCUT2D eigenvalue weighted by atomic mass is 32.2. The van der Waals surface area contributed by atoms with Gasteiger partial charge < -0.3 is 10.7 Å². The van der Waals surface area contributed by atoms with Crippen molar-refractivity contribution in [3.63, 3.8) is 0 Å². The Kier molecular flexibility index (Phi) is 2.61. The predicted octanol–water partition coefficient (Wildman–Crippen LogP) is 0.797. The van der Waals surface area contributed by atoms with Gasteiger partial charge in [0.25, 0.3) is 10.0 Å². The number of nitrogens with one attached hydrogen (secondary N) is 2. The minimum Gasteiger partial charge on any atom is -0.399 e. The zero-order valence-corrected chi connectivity index (χ0v) is 11.0. The summed E-state index contributed by atoms with van der Waals surface area (Å²) in [5.41, 5.74) is 6.84. The number of nitrogens with two attached hydrogens (primary N) is 1. The summed E-state index contributed by atoms with van der Waals surface area (Å²) in [6.45, 7) is 0. The molecule has 1 aromatic carbocycles. The van der Waals surface area contributed by atoms with Gasteiger partial charge in [-0.05, 0) is 23.4 Å². The second kappa shape index (κ2) is 4.17. The lowest BCUT2D eigenvalue weighted by atomic mass is 10.2. The largest absolute Gasteiger partial charge is 0.399 e. The van der Waals surface area contributed by atoms with Gasteiger partial charge in [0.15, 0.2) is 0 Å². The van der Waals surface area contributed by atoms with Gasteiger partial charge in [-0.2, -0.15) is 0 Å². The van der Waals surface area contributed by atoms with Crippen LogP contribution in [0, 0.1) is 0 Å². The average Bonchev–Trinajstić information content (AvgIpc) is 2.96. The molecule has 0 aliphatic carbocycles. The quantitative estimate of drug-likeness (QED) is 0.613. The van der Waals surface area contributed by atoms with Crippen molar-refractivity contribution in [3.05, 3.63) is 24.4 Å². The van der Waals surface area contributed by atoms with Crippen LogP contribution in [-0.2, 0) is 10.0 Å². The van der Waals surface area contributed by atoms with Gasteiger partial charge >= 0.3 is 0 Å². The van der Waals surface area contributed by atoms with E-state index < -0.39 is 10.0 Å². The maximum absolute atomic E-state index is 12.2. The van der Waals surface area contributed by atoms with Crippen LogP contribution in [0.3, 0.4) is 0 Å². The summed E-state index contributed by atoms with van der Waals surface area (Å²) < 4.78 is 30.2. The summed E-state index contributed by atoms with van der Waals surface area (Å²) >= 11 is 0.858. The van der Waals surface area contributed by atoms with Crippen LogP contribution in [0.1, 0.15) is 0 Å². The molecule has 0 radical (unpaired) electrons. The van der Waals surface area contributed by atoms with Crippen molar-refractivity contribution in [2.45, 2.75) is 4.90 Å². The molecule has 0 saturated carbocycles. The summed E-state index contributed by atoms with van der Waals surface area (Å²) in [4.78, 5) is 2.98. The van der Waals surface area contributed by atoms with E-state index in [2.05, 4.69) is 24.5 Å². The number of anilines is 2. The van der Waals surface area contributed by atoms with E-state index in [1.165, 1.54) is 6.20 Å². The molecule has 2 heterocycles. The summed E-state index contributed by atoms with van der Waals surface area (Å²) in [5.74, 6) is 0. The second-order valence-corrected chi connectivity index (χ2v) is 6.11. The Morgan fingerprint density at radius 3 is 2.95 bits per heavy atom. The molecule has 0 aliphatic rings. The number of sulfonamides is 1. The van der Waals surface area contributed by atoms with Gasteiger partial charge in [-0.3, -0.25) is 4.72 Å². The van der Waals surface area contributed by atoms with Crippen molar-refractivity contribution in [1.82, 2.24) is 19.8 Å². The Morgan fingerprint density at radius 2 is 2.21 bits per heavy atom. The Labute approximate surface area is 111 Å². The van der Waals surface area contributed by atoms with E-state index in [0.717, 1.165) is 11.5 Å². The number of aromatic amines is 1. The van der Waals surface area contributed by atoms with Gasteiger partial charge in [-0.15, -0.1) is 0 Å². The molecule has 4 N–H and O–H groups in total. The van der Waals surface area contributed by atoms with E-state index in [-0.39, 0.29) is 10.0 Å². The SMILES string of the molecule is Nc1ccc2[nH]cc(S(=O)(=O)Nc3nnns3)c2c1. The van der Waals surface area contributed by atoms with Crippen LogP contribution in [0.4, 0.5) is 10.8 Å². The van der Waals surface area contributed by atoms with Crippen molar-refractivity contribution in [3.8, 4) is 0 Å². The summed E-state index contributed by atoms with van der Waals surface area (Å²) in [6, 6.07) is 5.01. The maximum Gasteiger partial charge on any atom is 0.265 e. The Balaban J connectivity index is 2.10. The first-order valence-corrected chi connectivity index (χ1v) is 7.36. The van der Waals surface area contributed by atoms with Crippen molar-refractivity contribution < 1.29 is 8.42 Å². The molecule has 8 nitrogen and oxygen atoms in total. The molecule has 0 unspecified atom stereocenters. The number of nitrogens with zero attached hydrogens (tertiary/aromatic N) is 3. The van der Waals surface area contributed by atoms with Crippen LogP contribution < -0.4 is 10.5 Å².